The molecular formula is C27H35N7O2. The Hall–Kier alpha value is -3.85. The second kappa shape index (κ2) is 11.3. The number of aromatic nitrogens is 3. The van der Waals surface area contributed by atoms with Crippen molar-refractivity contribution in [3.05, 3.63) is 53.6 Å². The molecule has 2 aromatic heterocycles. The van der Waals surface area contributed by atoms with Crippen molar-refractivity contribution in [2.45, 2.75) is 32.9 Å². The van der Waals surface area contributed by atoms with Crippen molar-refractivity contribution in [3.63, 3.8) is 0 Å². The van der Waals surface area contributed by atoms with Gasteiger partial charge in [0.05, 0.1) is 25.7 Å². The molecule has 0 saturated carbocycles. The maximum atomic E-state index is 11.9. The van der Waals surface area contributed by atoms with Gasteiger partial charge in [0, 0.05) is 38.1 Å². The van der Waals surface area contributed by atoms with Crippen molar-refractivity contribution in [3.8, 4) is 5.75 Å². The highest BCUT2D eigenvalue weighted by Gasteiger charge is 2.19. The van der Waals surface area contributed by atoms with E-state index >= 15 is 0 Å². The SMILES string of the molecule is CCCCNc1nc(N)nc2c3ccccc3n(Cc3cc(CNCC(=O)N(C)C)ccc3OC)c12. The van der Waals surface area contributed by atoms with Crippen molar-refractivity contribution >= 4 is 39.6 Å². The predicted molar refractivity (Wildman–Crippen MR) is 145 cm³/mol. The van der Waals surface area contributed by atoms with Gasteiger partial charge in [-0.2, -0.15) is 4.98 Å². The Bertz CT molecular complexity index is 1360. The summed E-state index contributed by atoms with van der Waals surface area (Å²) in [7, 11) is 5.19. The van der Waals surface area contributed by atoms with Gasteiger partial charge in [0.2, 0.25) is 11.9 Å². The summed E-state index contributed by atoms with van der Waals surface area (Å²) in [5.74, 6) is 1.82. The molecule has 190 valence electrons. The Morgan fingerprint density at radius 3 is 2.72 bits per heavy atom. The van der Waals surface area contributed by atoms with Crippen LogP contribution in [0.1, 0.15) is 30.9 Å². The molecule has 0 fully saturated rings. The number of carbonyl (C=O) groups excluding carboxylic acids is 1. The third kappa shape index (κ3) is 5.36. The van der Waals surface area contributed by atoms with E-state index in [0.29, 0.717) is 13.1 Å². The van der Waals surface area contributed by atoms with Crippen LogP contribution < -0.4 is 21.1 Å². The lowest BCUT2D eigenvalue weighted by Gasteiger charge is -2.16. The number of anilines is 2. The van der Waals surface area contributed by atoms with Gasteiger partial charge in [-0.25, -0.2) is 4.98 Å². The van der Waals surface area contributed by atoms with E-state index in [1.165, 1.54) is 0 Å². The minimum atomic E-state index is 0.0383. The van der Waals surface area contributed by atoms with Gasteiger partial charge in [0.15, 0.2) is 5.82 Å². The van der Waals surface area contributed by atoms with Crippen LogP contribution >= 0.6 is 0 Å². The first-order valence-electron chi connectivity index (χ1n) is 12.3. The zero-order valence-electron chi connectivity index (χ0n) is 21.5. The van der Waals surface area contributed by atoms with E-state index in [-0.39, 0.29) is 18.4 Å². The van der Waals surface area contributed by atoms with Gasteiger partial charge in [-0.3, -0.25) is 4.79 Å². The molecule has 4 N–H and O–H groups in total. The second-order valence-corrected chi connectivity index (χ2v) is 9.05. The van der Waals surface area contributed by atoms with Crippen LogP contribution in [0.5, 0.6) is 5.75 Å². The largest absolute Gasteiger partial charge is 0.496 e. The third-order valence-electron chi connectivity index (χ3n) is 6.22. The lowest BCUT2D eigenvalue weighted by Crippen LogP contribution is -2.32. The molecule has 0 saturated heterocycles. The summed E-state index contributed by atoms with van der Waals surface area (Å²) < 4.78 is 7.94. The first-order chi connectivity index (χ1) is 17.4. The smallest absolute Gasteiger partial charge is 0.236 e. The first kappa shape index (κ1) is 25.2. The monoisotopic (exact) mass is 489 g/mol. The van der Waals surface area contributed by atoms with Crippen LogP contribution in [0, 0.1) is 0 Å². The summed E-state index contributed by atoms with van der Waals surface area (Å²) in [6.07, 6.45) is 2.11. The fourth-order valence-corrected chi connectivity index (χ4v) is 4.32. The minimum Gasteiger partial charge on any atom is -0.496 e. The Balaban J connectivity index is 1.75. The Labute approximate surface area is 211 Å². The molecule has 2 heterocycles. The number of benzene rings is 2. The summed E-state index contributed by atoms with van der Waals surface area (Å²) in [6.45, 7) is 4.39. The third-order valence-corrected chi connectivity index (χ3v) is 6.22. The number of amides is 1. The highest BCUT2D eigenvalue weighted by atomic mass is 16.5. The number of hydrogen-bond acceptors (Lipinski definition) is 7. The molecule has 0 bridgehead atoms. The van der Waals surface area contributed by atoms with Gasteiger partial charge in [-0.15, -0.1) is 0 Å². The van der Waals surface area contributed by atoms with Crippen LogP contribution in [0.15, 0.2) is 42.5 Å². The Morgan fingerprint density at radius 1 is 1.17 bits per heavy atom. The van der Waals surface area contributed by atoms with Gasteiger partial charge in [-0.05, 0) is 30.2 Å². The summed E-state index contributed by atoms with van der Waals surface area (Å²) in [4.78, 5) is 22.7. The van der Waals surface area contributed by atoms with Crippen molar-refractivity contribution < 1.29 is 9.53 Å². The Kier molecular flexibility index (Phi) is 7.90. The van der Waals surface area contributed by atoms with Crippen LogP contribution in [0.2, 0.25) is 0 Å². The molecular weight excluding hydrogens is 454 g/mol. The highest BCUT2D eigenvalue weighted by Crippen LogP contribution is 2.34. The zero-order chi connectivity index (χ0) is 25.7. The number of ether oxygens (including phenoxy) is 1. The predicted octanol–water partition coefficient (Wildman–Crippen LogP) is 3.61. The van der Waals surface area contributed by atoms with Gasteiger partial charge >= 0.3 is 0 Å². The van der Waals surface area contributed by atoms with Gasteiger partial charge < -0.3 is 30.6 Å². The van der Waals surface area contributed by atoms with Crippen LogP contribution in [0.25, 0.3) is 21.9 Å². The number of nitrogens with one attached hydrogen (secondary N) is 2. The van der Waals surface area contributed by atoms with E-state index in [4.69, 9.17) is 10.5 Å². The lowest BCUT2D eigenvalue weighted by molar-refractivity contribution is -0.127. The summed E-state index contributed by atoms with van der Waals surface area (Å²) >= 11 is 0. The average molecular weight is 490 g/mol. The van der Waals surface area contributed by atoms with E-state index in [2.05, 4.69) is 50.3 Å². The molecule has 0 spiro atoms. The molecule has 0 unspecified atom stereocenters. The minimum absolute atomic E-state index is 0.0383. The molecule has 0 aliphatic rings. The fourth-order valence-electron chi connectivity index (χ4n) is 4.32. The van der Waals surface area contributed by atoms with E-state index in [1.807, 2.05) is 24.3 Å². The van der Waals surface area contributed by atoms with E-state index in [0.717, 1.165) is 64.0 Å². The number of nitrogens with two attached hydrogens (primary N) is 1. The summed E-state index contributed by atoms with van der Waals surface area (Å²) in [5.41, 5.74) is 11.0. The molecule has 0 atom stereocenters. The van der Waals surface area contributed by atoms with Crippen molar-refractivity contribution in [1.82, 2.24) is 24.8 Å². The maximum Gasteiger partial charge on any atom is 0.236 e. The van der Waals surface area contributed by atoms with Crippen molar-refractivity contribution in [2.75, 3.05) is 45.3 Å². The zero-order valence-corrected chi connectivity index (χ0v) is 21.5. The topological polar surface area (TPSA) is 110 Å². The number of fused-ring (bicyclic) bond motifs is 3. The molecule has 0 radical (unpaired) electrons. The van der Waals surface area contributed by atoms with Crippen molar-refractivity contribution in [2.24, 2.45) is 0 Å². The fraction of sp³-hybridized carbons (Fsp3) is 0.370. The molecule has 9 nitrogen and oxygen atoms in total. The van der Waals surface area contributed by atoms with Crippen LogP contribution in [-0.4, -0.2) is 59.6 Å². The van der Waals surface area contributed by atoms with E-state index in [1.54, 1.807) is 26.1 Å². The normalized spacial score (nSPS) is 11.2. The average Bonchev–Trinajstić information content (AvgIpc) is 3.17. The molecule has 2 aromatic carbocycles. The van der Waals surface area contributed by atoms with E-state index in [9.17, 15) is 4.79 Å². The molecule has 9 heteroatoms. The molecule has 36 heavy (non-hydrogen) atoms. The number of rotatable bonds is 11. The first-order valence-corrected chi connectivity index (χ1v) is 12.3. The van der Waals surface area contributed by atoms with Crippen LogP contribution in [0.4, 0.5) is 11.8 Å². The van der Waals surface area contributed by atoms with Gasteiger partial charge in [0.25, 0.3) is 0 Å². The molecule has 4 aromatic rings. The maximum absolute atomic E-state index is 11.9. The van der Waals surface area contributed by atoms with Crippen molar-refractivity contribution in [1.29, 1.82) is 0 Å². The standard InChI is InChI=1S/C27H35N7O2/c1-5-6-13-30-26-25-24(31-27(28)32-26)20-9-7-8-10-21(20)34(25)17-19-14-18(11-12-22(19)36-4)15-29-16-23(35)33(2)3/h7-12,14,29H,5-6,13,15-17H2,1-4H3,(H3,28,30,31,32). The number of hydrogen-bond donors (Lipinski definition) is 3. The number of likely N-dealkylation sites (N-methyl/N-ethyl adjacent to an activating group) is 1. The number of unbranched alkanes of at least 4 members (excludes halogenated alkanes) is 1. The number of para-hydroxylation sites is 1. The number of methoxy groups -OCH3 is 1. The number of nitrogens with zero attached hydrogens (tertiary/aromatic N) is 4. The lowest BCUT2D eigenvalue weighted by atomic mass is 10.1. The van der Waals surface area contributed by atoms with Gasteiger partial charge in [0.1, 0.15) is 16.8 Å². The number of nitrogen functional groups attached to an aromatic ring is 1. The highest BCUT2D eigenvalue weighted by molar-refractivity contribution is 6.09. The van der Waals surface area contributed by atoms with E-state index < -0.39 is 0 Å². The van der Waals surface area contributed by atoms with Crippen LogP contribution in [-0.2, 0) is 17.9 Å². The summed E-state index contributed by atoms with van der Waals surface area (Å²) in [5, 5.41) is 7.73. The molecule has 1 amide bonds. The second-order valence-electron chi connectivity index (χ2n) is 9.05. The van der Waals surface area contributed by atoms with Crippen LogP contribution in [0.3, 0.4) is 0 Å². The van der Waals surface area contributed by atoms with Gasteiger partial charge in [-0.1, -0.05) is 37.6 Å². The molecule has 0 aliphatic heterocycles. The molecule has 4 rings (SSSR count). The quantitative estimate of drug-likeness (QED) is 0.276. The number of carbonyl (C=O) groups is 1. The Morgan fingerprint density at radius 2 is 1.97 bits per heavy atom. The summed E-state index contributed by atoms with van der Waals surface area (Å²) in [6, 6.07) is 14.3. The molecule has 0 aliphatic carbocycles.